The number of halogens is 1. The van der Waals surface area contributed by atoms with E-state index in [-0.39, 0.29) is 42.3 Å². The van der Waals surface area contributed by atoms with Gasteiger partial charge in [-0.25, -0.2) is 9.18 Å². The van der Waals surface area contributed by atoms with Gasteiger partial charge in [-0.15, -0.1) is 0 Å². The van der Waals surface area contributed by atoms with Crippen LogP contribution in [0.4, 0.5) is 4.39 Å². The molecular formula is C25H31FN2O4. The lowest BCUT2D eigenvalue weighted by Gasteiger charge is -2.31. The maximum absolute atomic E-state index is 13.6. The molecule has 1 aliphatic rings. The number of esters is 1. The van der Waals surface area contributed by atoms with Gasteiger partial charge in [0, 0.05) is 23.7 Å². The van der Waals surface area contributed by atoms with Gasteiger partial charge in [0.15, 0.2) is 5.78 Å². The highest BCUT2D eigenvalue weighted by Gasteiger charge is 2.35. The van der Waals surface area contributed by atoms with Gasteiger partial charge in [-0.1, -0.05) is 25.0 Å². The first kappa shape index (κ1) is 23.7. The first-order valence-corrected chi connectivity index (χ1v) is 11.2. The fourth-order valence-electron chi connectivity index (χ4n) is 4.48. The molecule has 1 unspecified atom stereocenters. The number of aromatic nitrogens is 1. The highest BCUT2D eigenvalue weighted by Crippen LogP contribution is 2.29. The second-order valence-corrected chi connectivity index (χ2v) is 8.46. The summed E-state index contributed by atoms with van der Waals surface area (Å²) in [5.74, 6) is -1.25. The zero-order valence-electron chi connectivity index (χ0n) is 19.2. The highest BCUT2D eigenvalue weighted by atomic mass is 19.1. The maximum atomic E-state index is 13.6. The number of nitrogens with one attached hydrogen (secondary N) is 1. The van der Waals surface area contributed by atoms with Gasteiger partial charge in [0.2, 0.25) is 5.91 Å². The third-order valence-corrected chi connectivity index (χ3v) is 6.26. The molecule has 1 heterocycles. The summed E-state index contributed by atoms with van der Waals surface area (Å²) in [4.78, 5) is 43.8. The second-order valence-electron chi connectivity index (χ2n) is 8.46. The molecule has 0 spiro atoms. The molecule has 1 atom stereocenters. The Morgan fingerprint density at radius 3 is 2.38 bits per heavy atom. The van der Waals surface area contributed by atoms with Crippen LogP contribution in [0.5, 0.6) is 0 Å². The molecule has 1 N–H and O–H groups in total. The van der Waals surface area contributed by atoms with E-state index >= 15 is 0 Å². The minimum Gasteiger partial charge on any atom is -0.461 e. The van der Waals surface area contributed by atoms with Crippen molar-refractivity contribution in [3.63, 3.8) is 0 Å². The molecule has 0 aliphatic heterocycles. The molecule has 3 rings (SSSR count). The molecule has 172 valence electrons. The molecule has 0 radical (unpaired) electrons. The van der Waals surface area contributed by atoms with E-state index in [1.807, 2.05) is 0 Å². The fourth-order valence-corrected chi connectivity index (χ4v) is 4.48. The van der Waals surface area contributed by atoms with Crippen molar-refractivity contribution in [3.8, 4) is 0 Å². The molecule has 7 heteroatoms. The average Bonchev–Trinajstić information content (AvgIpc) is 3.40. The summed E-state index contributed by atoms with van der Waals surface area (Å²) in [6.45, 7) is 7.33. The number of H-pyrrole nitrogens is 1. The van der Waals surface area contributed by atoms with Gasteiger partial charge in [0.05, 0.1) is 12.6 Å². The summed E-state index contributed by atoms with van der Waals surface area (Å²) < 4.78 is 18.5. The van der Waals surface area contributed by atoms with Crippen LogP contribution < -0.4 is 0 Å². The molecule has 1 amide bonds. The predicted molar refractivity (Wildman–Crippen MR) is 119 cm³/mol. The van der Waals surface area contributed by atoms with Crippen molar-refractivity contribution in [2.75, 3.05) is 6.61 Å². The largest absolute Gasteiger partial charge is 0.461 e. The number of nitrogens with zero attached hydrogens (tertiary/aromatic N) is 1. The lowest BCUT2D eigenvalue weighted by molar-refractivity contribution is -0.137. The first-order valence-electron chi connectivity index (χ1n) is 11.2. The topological polar surface area (TPSA) is 79.5 Å². The minimum atomic E-state index is -0.739. The summed E-state index contributed by atoms with van der Waals surface area (Å²) in [5, 5.41) is 0. The SMILES string of the molecule is CCOC(=O)c1[nH]c(C)c(C(=O)C(C)N(Cc2ccc(F)cc2)C(=O)C2CCCC2)c1C. The number of amides is 1. The van der Waals surface area contributed by atoms with E-state index in [2.05, 4.69) is 4.98 Å². The van der Waals surface area contributed by atoms with E-state index in [0.717, 1.165) is 31.2 Å². The molecule has 2 aromatic rings. The van der Waals surface area contributed by atoms with Gasteiger partial charge < -0.3 is 14.6 Å². The monoisotopic (exact) mass is 442 g/mol. The number of benzene rings is 1. The number of aryl methyl sites for hydroxylation is 1. The Balaban J connectivity index is 1.92. The lowest BCUT2D eigenvalue weighted by Crippen LogP contribution is -2.45. The number of ketones is 1. The van der Waals surface area contributed by atoms with Gasteiger partial charge >= 0.3 is 5.97 Å². The molecule has 32 heavy (non-hydrogen) atoms. The van der Waals surface area contributed by atoms with Crippen LogP contribution in [0.2, 0.25) is 0 Å². The smallest absolute Gasteiger partial charge is 0.355 e. The standard InChI is InChI=1S/C25H31FN2O4/c1-5-32-25(31)22-15(2)21(16(3)27-22)23(29)17(4)28(24(30)19-8-6-7-9-19)14-18-10-12-20(26)13-11-18/h10-13,17,19,27H,5-9,14H2,1-4H3. The third-order valence-electron chi connectivity index (χ3n) is 6.26. The number of rotatable bonds is 8. The third kappa shape index (κ3) is 4.92. The van der Waals surface area contributed by atoms with Crippen LogP contribution in [-0.2, 0) is 16.1 Å². The van der Waals surface area contributed by atoms with Gasteiger partial charge in [0.1, 0.15) is 11.5 Å². The molecule has 1 saturated carbocycles. The van der Waals surface area contributed by atoms with Crippen molar-refractivity contribution < 1.29 is 23.5 Å². The van der Waals surface area contributed by atoms with E-state index < -0.39 is 12.0 Å². The molecule has 1 aromatic heterocycles. The number of carbonyl (C=O) groups excluding carboxylic acids is 3. The lowest BCUT2D eigenvalue weighted by atomic mass is 9.97. The average molecular weight is 443 g/mol. The van der Waals surface area contributed by atoms with Crippen molar-refractivity contribution in [1.29, 1.82) is 0 Å². The van der Waals surface area contributed by atoms with Crippen LogP contribution in [0.3, 0.4) is 0 Å². The zero-order valence-corrected chi connectivity index (χ0v) is 19.2. The molecule has 0 saturated heterocycles. The van der Waals surface area contributed by atoms with Crippen molar-refractivity contribution >= 4 is 17.7 Å². The Morgan fingerprint density at radius 1 is 1.16 bits per heavy atom. The van der Waals surface area contributed by atoms with Crippen LogP contribution in [0.1, 0.15) is 77.2 Å². The van der Waals surface area contributed by atoms with Gasteiger partial charge in [-0.05, 0) is 63.8 Å². The van der Waals surface area contributed by atoms with Crippen LogP contribution in [0, 0.1) is 25.6 Å². The van der Waals surface area contributed by atoms with Crippen LogP contribution in [0.15, 0.2) is 24.3 Å². The number of hydrogen-bond acceptors (Lipinski definition) is 4. The number of aromatic amines is 1. The van der Waals surface area contributed by atoms with Gasteiger partial charge in [0.25, 0.3) is 0 Å². The number of carbonyl (C=O) groups is 3. The fraction of sp³-hybridized carbons (Fsp3) is 0.480. The molecule has 1 fully saturated rings. The van der Waals surface area contributed by atoms with E-state index in [4.69, 9.17) is 4.74 Å². The number of hydrogen-bond donors (Lipinski definition) is 1. The molecule has 1 aliphatic carbocycles. The van der Waals surface area contributed by atoms with E-state index in [9.17, 15) is 18.8 Å². The Bertz CT molecular complexity index is 990. The number of ether oxygens (including phenoxy) is 1. The Morgan fingerprint density at radius 2 is 1.78 bits per heavy atom. The minimum absolute atomic E-state index is 0.0517. The molecule has 0 bridgehead atoms. The Kier molecular flexibility index (Phi) is 7.48. The van der Waals surface area contributed by atoms with Crippen LogP contribution in [-0.4, -0.2) is 40.2 Å². The molecule has 6 nitrogen and oxygen atoms in total. The first-order chi connectivity index (χ1) is 15.2. The predicted octanol–water partition coefficient (Wildman–Crippen LogP) is 4.74. The summed E-state index contributed by atoms with van der Waals surface area (Å²) in [5.41, 5.74) is 2.51. The summed E-state index contributed by atoms with van der Waals surface area (Å²) in [6.07, 6.45) is 3.63. The Hall–Kier alpha value is -2.96. The molecule has 1 aromatic carbocycles. The van der Waals surface area contributed by atoms with E-state index in [0.29, 0.717) is 16.8 Å². The van der Waals surface area contributed by atoms with Crippen molar-refractivity contribution in [2.24, 2.45) is 5.92 Å². The maximum Gasteiger partial charge on any atom is 0.355 e. The number of Topliss-reactive ketones (excluding diaryl/α,β-unsaturated/α-hetero) is 1. The second kappa shape index (κ2) is 10.1. The summed E-state index contributed by atoms with van der Waals surface area (Å²) in [7, 11) is 0. The van der Waals surface area contributed by atoms with E-state index in [1.54, 1.807) is 44.7 Å². The normalized spacial score (nSPS) is 14.9. The van der Waals surface area contributed by atoms with Crippen LogP contribution in [0.25, 0.3) is 0 Å². The highest BCUT2D eigenvalue weighted by molar-refractivity contribution is 6.06. The van der Waals surface area contributed by atoms with Crippen LogP contribution >= 0.6 is 0 Å². The Labute approximate surface area is 188 Å². The van der Waals surface area contributed by atoms with Gasteiger partial charge in [-0.3, -0.25) is 9.59 Å². The molecular weight excluding hydrogens is 411 g/mol. The zero-order chi connectivity index (χ0) is 23.4. The van der Waals surface area contributed by atoms with Crippen molar-refractivity contribution in [1.82, 2.24) is 9.88 Å². The van der Waals surface area contributed by atoms with E-state index in [1.165, 1.54) is 12.1 Å². The summed E-state index contributed by atoms with van der Waals surface area (Å²) >= 11 is 0. The van der Waals surface area contributed by atoms with Crippen molar-refractivity contribution in [3.05, 3.63) is 58.2 Å². The van der Waals surface area contributed by atoms with Crippen molar-refractivity contribution in [2.45, 2.75) is 66.0 Å². The summed E-state index contributed by atoms with van der Waals surface area (Å²) in [6, 6.07) is 5.23. The quantitative estimate of drug-likeness (QED) is 0.473. The van der Waals surface area contributed by atoms with Gasteiger partial charge in [-0.2, -0.15) is 0 Å².